The lowest BCUT2D eigenvalue weighted by atomic mass is 10.1. The van der Waals surface area contributed by atoms with Crippen molar-refractivity contribution in [2.45, 2.75) is 19.9 Å². The molecule has 1 heterocycles. The molecular weight excluding hydrogens is 272 g/mol. The van der Waals surface area contributed by atoms with Crippen LogP contribution in [0.4, 0.5) is 5.69 Å². The first-order chi connectivity index (χ1) is 9.67. The highest BCUT2D eigenvalue weighted by Gasteiger charge is 1.97. The van der Waals surface area contributed by atoms with Crippen LogP contribution in [0.3, 0.4) is 0 Å². The summed E-state index contributed by atoms with van der Waals surface area (Å²) >= 11 is 5.73. The number of aryl methyl sites for hydroxylation is 1. The molecule has 20 heavy (non-hydrogen) atoms. The van der Waals surface area contributed by atoms with Crippen LogP contribution in [0.15, 0.2) is 47.6 Å². The first kappa shape index (κ1) is 14.3. The molecule has 104 valence electrons. The van der Waals surface area contributed by atoms with Gasteiger partial charge in [-0.3, -0.25) is 0 Å². The number of guanidine groups is 1. The quantitative estimate of drug-likeness (QED) is 0.516. The number of benzene rings is 1. The van der Waals surface area contributed by atoms with E-state index in [-0.39, 0.29) is 0 Å². The Hall–Kier alpha value is -2.07. The highest BCUT2D eigenvalue weighted by molar-refractivity contribution is 6.29. The molecule has 0 fully saturated rings. The van der Waals surface area contributed by atoms with Gasteiger partial charge in [-0.15, -0.1) is 0 Å². The molecule has 0 radical (unpaired) electrons. The summed E-state index contributed by atoms with van der Waals surface area (Å²) in [5, 5.41) is 3.55. The number of halogens is 1. The fourth-order valence-corrected chi connectivity index (χ4v) is 1.84. The minimum Gasteiger partial charge on any atom is -0.370 e. The average molecular weight is 289 g/mol. The van der Waals surface area contributed by atoms with E-state index in [0.29, 0.717) is 17.7 Å². The molecule has 0 saturated carbocycles. The van der Waals surface area contributed by atoms with Crippen LogP contribution in [0.1, 0.15) is 18.1 Å². The molecule has 0 atom stereocenters. The molecule has 2 aromatic rings. The minimum atomic E-state index is 0.383. The first-order valence-electron chi connectivity index (χ1n) is 6.43. The lowest BCUT2D eigenvalue weighted by molar-refractivity contribution is 1.04. The number of nitrogens with zero attached hydrogens (tertiary/aromatic N) is 2. The van der Waals surface area contributed by atoms with E-state index in [4.69, 9.17) is 17.3 Å². The zero-order valence-electron chi connectivity index (χ0n) is 11.3. The van der Waals surface area contributed by atoms with E-state index in [1.807, 2.05) is 18.2 Å². The molecule has 5 heteroatoms. The summed E-state index contributed by atoms with van der Waals surface area (Å²) in [6, 6.07) is 11.7. The molecular formula is C15H17ClN4. The van der Waals surface area contributed by atoms with Crippen LogP contribution in [0, 0.1) is 0 Å². The van der Waals surface area contributed by atoms with Crippen LogP contribution >= 0.6 is 11.6 Å². The highest BCUT2D eigenvalue weighted by atomic mass is 35.5. The third kappa shape index (κ3) is 4.24. The van der Waals surface area contributed by atoms with E-state index < -0.39 is 0 Å². The molecule has 4 nitrogen and oxygen atoms in total. The summed E-state index contributed by atoms with van der Waals surface area (Å²) in [5.74, 6) is 0.383. The van der Waals surface area contributed by atoms with E-state index in [1.54, 1.807) is 12.3 Å². The summed E-state index contributed by atoms with van der Waals surface area (Å²) < 4.78 is 0. The lowest BCUT2D eigenvalue weighted by Gasteiger charge is -2.07. The van der Waals surface area contributed by atoms with Gasteiger partial charge in [-0.2, -0.15) is 0 Å². The molecule has 0 unspecified atom stereocenters. The molecule has 3 N–H and O–H groups in total. The van der Waals surface area contributed by atoms with Crippen LogP contribution in [0.25, 0.3) is 0 Å². The molecule has 2 rings (SSSR count). The molecule has 0 saturated heterocycles. The predicted molar refractivity (Wildman–Crippen MR) is 84.0 cm³/mol. The Balaban J connectivity index is 1.98. The number of nitrogens with one attached hydrogen (secondary N) is 1. The van der Waals surface area contributed by atoms with Crippen LogP contribution in [0.5, 0.6) is 0 Å². The smallest absolute Gasteiger partial charge is 0.193 e. The summed E-state index contributed by atoms with van der Waals surface area (Å²) in [7, 11) is 0. The summed E-state index contributed by atoms with van der Waals surface area (Å²) in [6.07, 6.45) is 2.68. The Kier molecular flexibility index (Phi) is 4.96. The van der Waals surface area contributed by atoms with Crippen molar-refractivity contribution in [1.29, 1.82) is 0 Å². The fourth-order valence-electron chi connectivity index (χ4n) is 1.73. The predicted octanol–water partition coefficient (Wildman–Crippen LogP) is 3.22. The zero-order valence-corrected chi connectivity index (χ0v) is 12.1. The lowest BCUT2D eigenvalue weighted by Crippen LogP contribution is -2.22. The number of pyridine rings is 1. The van der Waals surface area contributed by atoms with Gasteiger partial charge >= 0.3 is 0 Å². The summed E-state index contributed by atoms with van der Waals surface area (Å²) in [4.78, 5) is 8.27. The number of aliphatic imine (C=N–C) groups is 1. The number of hydrogen-bond acceptors (Lipinski definition) is 2. The Labute approximate surface area is 123 Å². The molecule has 0 aliphatic rings. The van der Waals surface area contributed by atoms with Crippen molar-refractivity contribution in [3.8, 4) is 0 Å². The van der Waals surface area contributed by atoms with Crippen molar-refractivity contribution in [2.24, 2.45) is 10.7 Å². The number of hydrogen-bond donors (Lipinski definition) is 2. The molecule has 1 aromatic heterocycles. The van der Waals surface area contributed by atoms with Gasteiger partial charge in [0.2, 0.25) is 0 Å². The van der Waals surface area contributed by atoms with Crippen molar-refractivity contribution < 1.29 is 0 Å². The topological polar surface area (TPSA) is 63.3 Å². The number of aromatic nitrogens is 1. The summed E-state index contributed by atoms with van der Waals surface area (Å²) in [6.45, 7) is 2.58. The second kappa shape index (κ2) is 6.91. The second-order valence-electron chi connectivity index (χ2n) is 4.37. The number of nitrogens with two attached hydrogens (primary N) is 1. The molecule has 0 amide bonds. The van der Waals surface area contributed by atoms with Crippen LogP contribution in [-0.4, -0.2) is 10.9 Å². The van der Waals surface area contributed by atoms with Gasteiger partial charge in [0.25, 0.3) is 0 Å². The van der Waals surface area contributed by atoms with Gasteiger partial charge in [0.05, 0.1) is 6.54 Å². The monoisotopic (exact) mass is 288 g/mol. The maximum atomic E-state index is 5.87. The maximum Gasteiger partial charge on any atom is 0.193 e. The van der Waals surface area contributed by atoms with Crippen molar-refractivity contribution in [3.63, 3.8) is 0 Å². The highest BCUT2D eigenvalue weighted by Crippen LogP contribution is 2.11. The SMILES string of the molecule is CCc1cccc(NC(N)=NCc2ccc(Cl)nc2)c1. The van der Waals surface area contributed by atoms with Gasteiger partial charge in [0, 0.05) is 11.9 Å². The Morgan fingerprint density at radius 2 is 2.15 bits per heavy atom. The standard InChI is InChI=1S/C15H17ClN4/c1-2-11-4-3-5-13(8-11)20-15(17)19-10-12-6-7-14(16)18-9-12/h3-9H,2,10H2,1H3,(H3,17,19,20). The average Bonchev–Trinajstić information content (AvgIpc) is 2.47. The van der Waals surface area contributed by atoms with Crippen molar-refractivity contribution in [2.75, 3.05) is 5.32 Å². The normalized spacial score (nSPS) is 11.4. The van der Waals surface area contributed by atoms with Crippen LogP contribution in [0.2, 0.25) is 5.15 Å². The molecule has 0 aliphatic heterocycles. The largest absolute Gasteiger partial charge is 0.370 e. The zero-order chi connectivity index (χ0) is 14.4. The van der Waals surface area contributed by atoms with Crippen molar-refractivity contribution >= 4 is 23.2 Å². The Morgan fingerprint density at radius 3 is 2.85 bits per heavy atom. The van der Waals surface area contributed by atoms with Gasteiger partial charge in [0.1, 0.15) is 5.15 Å². The summed E-state index contributed by atoms with van der Waals surface area (Å²) in [5.41, 5.74) is 9.03. The van der Waals surface area contributed by atoms with Gasteiger partial charge in [-0.1, -0.05) is 36.7 Å². The van der Waals surface area contributed by atoms with Crippen LogP contribution < -0.4 is 11.1 Å². The molecule has 1 aromatic carbocycles. The maximum absolute atomic E-state index is 5.87. The van der Waals surface area contributed by atoms with E-state index in [9.17, 15) is 0 Å². The second-order valence-corrected chi connectivity index (χ2v) is 4.76. The molecule has 0 aliphatic carbocycles. The van der Waals surface area contributed by atoms with E-state index >= 15 is 0 Å². The van der Waals surface area contributed by atoms with Crippen molar-refractivity contribution in [1.82, 2.24) is 4.98 Å². The molecule has 0 bridgehead atoms. The van der Waals surface area contributed by atoms with E-state index in [1.165, 1.54) is 5.56 Å². The number of anilines is 1. The Bertz CT molecular complexity index is 593. The van der Waals surface area contributed by atoms with Crippen LogP contribution in [-0.2, 0) is 13.0 Å². The van der Waals surface area contributed by atoms with Gasteiger partial charge < -0.3 is 11.1 Å². The third-order valence-electron chi connectivity index (χ3n) is 2.83. The first-order valence-corrected chi connectivity index (χ1v) is 6.81. The third-order valence-corrected chi connectivity index (χ3v) is 3.05. The minimum absolute atomic E-state index is 0.383. The van der Waals surface area contributed by atoms with Gasteiger partial charge in [-0.05, 0) is 35.7 Å². The fraction of sp³-hybridized carbons (Fsp3) is 0.200. The van der Waals surface area contributed by atoms with E-state index in [0.717, 1.165) is 17.7 Å². The van der Waals surface area contributed by atoms with E-state index in [2.05, 4.69) is 34.3 Å². The Morgan fingerprint density at radius 1 is 1.30 bits per heavy atom. The van der Waals surface area contributed by atoms with Gasteiger partial charge in [-0.25, -0.2) is 9.98 Å². The van der Waals surface area contributed by atoms with Crippen molar-refractivity contribution in [3.05, 3.63) is 58.9 Å². The van der Waals surface area contributed by atoms with Gasteiger partial charge in [0.15, 0.2) is 5.96 Å². The number of rotatable bonds is 4. The molecule has 0 spiro atoms.